The molecular weight excluding hydrogens is 404 g/mol. The number of nitrogens with zero attached hydrogens (tertiary/aromatic N) is 1. The van der Waals surface area contributed by atoms with Gasteiger partial charge in [-0.1, -0.05) is 38.1 Å². The summed E-state index contributed by atoms with van der Waals surface area (Å²) in [7, 11) is -3.71. The molecule has 2 aromatic carbocycles. The van der Waals surface area contributed by atoms with Crippen LogP contribution in [0.4, 0.5) is 0 Å². The second-order valence-corrected chi connectivity index (χ2v) is 8.71. The van der Waals surface area contributed by atoms with Crippen molar-refractivity contribution >= 4 is 32.7 Å². The van der Waals surface area contributed by atoms with Crippen molar-refractivity contribution in [3.8, 4) is 0 Å². The highest BCUT2D eigenvalue weighted by Crippen LogP contribution is 2.21. The molecule has 0 radical (unpaired) electrons. The number of benzene rings is 2. The molecule has 1 atom stereocenters. The monoisotopic (exact) mass is 428 g/mol. The minimum absolute atomic E-state index is 0.0104. The van der Waals surface area contributed by atoms with Gasteiger partial charge in [0.05, 0.1) is 10.5 Å². The Morgan fingerprint density at radius 1 is 1.07 bits per heavy atom. The van der Waals surface area contributed by atoms with Gasteiger partial charge in [0.15, 0.2) is 6.10 Å². The summed E-state index contributed by atoms with van der Waals surface area (Å²) in [5.74, 6) is -1.10. The van der Waals surface area contributed by atoms with Crippen LogP contribution in [0.1, 0.15) is 41.5 Å². The number of esters is 1. The lowest BCUT2D eigenvalue weighted by atomic mass is 10.1. The van der Waals surface area contributed by atoms with Crippen LogP contribution in [0.15, 0.2) is 59.6 Å². The molecule has 7 nitrogen and oxygen atoms in total. The van der Waals surface area contributed by atoms with Gasteiger partial charge >= 0.3 is 5.97 Å². The highest BCUT2D eigenvalue weighted by molar-refractivity contribution is 7.89. The molecule has 1 unspecified atom stereocenters. The third-order valence-corrected chi connectivity index (χ3v) is 6.97. The Morgan fingerprint density at radius 2 is 1.77 bits per heavy atom. The first kappa shape index (κ1) is 21.7. The van der Waals surface area contributed by atoms with Gasteiger partial charge in [-0.15, -0.1) is 0 Å². The third-order valence-electron chi connectivity index (χ3n) is 4.92. The molecule has 0 bridgehead atoms. The number of H-pyrrole nitrogens is 1. The lowest BCUT2D eigenvalue weighted by Crippen LogP contribution is -2.30. The number of hydrogen-bond donors (Lipinski definition) is 1. The van der Waals surface area contributed by atoms with Crippen molar-refractivity contribution in [2.75, 3.05) is 13.1 Å². The summed E-state index contributed by atoms with van der Waals surface area (Å²) in [4.78, 5) is 28.4. The topological polar surface area (TPSA) is 96.5 Å². The van der Waals surface area contributed by atoms with Gasteiger partial charge < -0.3 is 9.72 Å². The Bertz CT molecular complexity index is 1180. The van der Waals surface area contributed by atoms with E-state index in [1.165, 1.54) is 35.5 Å². The first-order chi connectivity index (χ1) is 14.3. The van der Waals surface area contributed by atoms with E-state index in [2.05, 4.69) is 4.98 Å². The Labute approximate surface area is 175 Å². The summed E-state index contributed by atoms with van der Waals surface area (Å²) in [6.45, 7) is 5.64. The number of aromatic nitrogens is 1. The van der Waals surface area contributed by atoms with Crippen LogP contribution >= 0.6 is 0 Å². The smallest absolute Gasteiger partial charge is 0.338 e. The highest BCUT2D eigenvalue weighted by atomic mass is 32.2. The molecule has 3 aromatic rings. The molecule has 0 spiro atoms. The van der Waals surface area contributed by atoms with E-state index in [0.29, 0.717) is 18.7 Å². The summed E-state index contributed by atoms with van der Waals surface area (Å²) in [6.07, 6.45) is 0.564. The maximum atomic E-state index is 12.8. The van der Waals surface area contributed by atoms with E-state index in [1.54, 1.807) is 20.0 Å². The number of ether oxygens (including phenoxy) is 1. The quantitative estimate of drug-likeness (QED) is 0.437. The van der Waals surface area contributed by atoms with Gasteiger partial charge in [-0.25, -0.2) is 13.2 Å². The summed E-state index contributed by atoms with van der Waals surface area (Å²) < 4.78 is 32.0. The van der Waals surface area contributed by atoms with Gasteiger partial charge in [-0.2, -0.15) is 4.31 Å². The van der Waals surface area contributed by atoms with Gasteiger partial charge in [0.2, 0.25) is 15.8 Å². The summed E-state index contributed by atoms with van der Waals surface area (Å²) in [5.41, 5.74) is 1.32. The standard InChI is InChI=1S/C22H24N2O5S/c1-4-24(5-2)30(27,28)17-10-8-9-16(13-17)22(26)29-15(3)21(25)19-14-23-20-12-7-6-11-18(19)20/h6-15,23H,4-5H2,1-3H3. The average molecular weight is 429 g/mol. The number of para-hydroxylation sites is 1. The van der Waals surface area contributed by atoms with E-state index in [9.17, 15) is 18.0 Å². The zero-order valence-electron chi connectivity index (χ0n) is 17.1. The zero-order valence-corrected chi connectivity index (χ0v) is 17.9. The molecule has 8 heteroatoms. The summed E-state index contributed by atoms with van der Waals surface area (Å²) in [5, 5.41) is 0.748. The number of sulfonamides is 1. The van der Waals surface area contributed by atoms with E-state index >= 15 is 0 Å². The Kier molecular flexibility index (Phi) is 6.38. The van der Waals surface area contributed by atoms with Gasteiger partial charge in [0, 0.05) is 35.8 Å². The zero-order chi connectivity index (χ0) is 21.9. The maximum absolute atomic E-state index is 12.8. The van der Waals surface area contributed by atoms with E-state index in [4.69, 9.17) is 4.74 Å². The Hall–Kier alpha value is -2.97. The van der Waals surface area contributed by atoms with Crippen LogP contribution in [-0.2, 0) is 14.8 Å². The lowest BCUT2D eigenvalue weighted by molar-refractivity contribution is 0.0319. The number of carbonyl (C=O) groups is 2. The van der Waals surface area contributed by atoms with Crippen LogP contribution in [-0.4, -0.2) is 48.7 Å². The van der Waals surface area contributed by atoms with Gasteiger partial charge in [-0.3, -0.25) is 4.79 Å². The van der Waals surface area contributed by atoms with Gasteiger partial charge in [0.1, 0.15) is 0 Å². The number of hydrogen-bond acceptors (Lipinski definition) is 5. The number of aromatic amines is 1. The lowest BCUT2D eigenvalue weighted by Gasteiger charge is -2.19. The fourth-order valence-corrected chi connectivity index (χ4v) is 4.78. The van der Waals surface area contributed by atoms with Crippen LogP contribution in [0.3, 0.4) is 0 Å². The van der Waals surface area contributed by atoms with Gasteiger partial charge in [0.25, 0.3) is 0 Å². The molecule has 0 aliphatic rings. The SMILES string of the molecule is CCN(CC)S(=O)(=O)c1cccc(C(=O)OC(C)C(=O)c2c[nH]c3ccccc23)c1. The minimum atomic E-state index is -3.71. The number of fused-ring (bicyclic) bond motifs is 1. The van der Waals surface area contributed by atoms with Crippen molar-refractivity contribution in [2.24, 2.45) is 0 Å². The van der Waals surface area contributed by atoms with Crippen molar-refractivity contribution < 1.29 is 22.7 Å². The fraction of sp³-hybridized carbons (Fsp3) is 0.273. The first-order valence-electron chi connectivity index (χ1n) is 9.71. The average Bonchev–Trinajstić information content (AvgIpc) is 3.18. The molecule has 1 aromatic heterocycles. The second kappa shape index (κ2) is 8.81. The van der Waals surface area contributed by atoms with Crippen molar-refractivity contribution in [3.63, 3.8) is 0 Å². The van der Waals surface area contributed by atoms with Gasteiger partial charge in [-0.05, 0) is 31.2 Å². The number of Topliss-reactive ketones (excluding diaryl/α,β-unsaturated/α-hetero) is 1. The van der Waals surface area contributed by atoms with E-state index < -0.39 is 22.1 Å². The van der Waals surface area contributed by atoms with Crippen LogP contribution in [0.25, 0.3) is 10.9 Å². The minimum Gasteiger partial charge on any atom is -0.451 e. The van der Waals surface area contributed by atoms with Crippen LogP contribution < -0.4 is 0 Å². The van der Waals surface area contributed by atoms with Crippen LogP contribution in [0.2, 0.25) is 0 Å². The molecule has 0 aliphatic heterocycles. The number of carbonyl (C=O) groups excluding carboxylic acids is 2. The number of rotatable bonds is 8. The molecule has 0 aliphatic carbocycles. The normalized spacial score (nSPS) is 12.8. The molecule has 1 N–H and O–H groups in total. The summed E-state index contributed by atoms with van der Waals surface area (Å²) in [6, 6.07) is 13.0. The number of ketones is 1. The Morgan fingerprint density at radius 3 is 2.47 bits per heavy atom. The molecule has 1 heterocycles. The molecule has 30 heavy (non-hydrogen) atoms. The number of nitrogens with one attached hydrogen (secondary N) is 1. The van der Waals surface area contributed by atoms with E-state index in [1.807, 2.05) is 24.3 Å². The predicted molar refractivity (Wildman–Crippen MR) is 114 cm³/mol. The summed E-state index contributed by atoms with van der Waals surface area (Å²) >= 11 is 0. The van der Waals surface area contributed by atoms with Crippen molar-refractivity contribution in [3.05, 3.63) is 65.9 Å². The van der Waals surface area contributed by atoms with E-state index in [0.717, 1.165) is 10.9 Å². The molecule has 0 saturated carbocycles. The van der Waals surface area contributed by atoms with Crippen molar-refractivity contribution in [2.45, 2.75) is 31.8 Å². The molecule has 158 valence electrons. The largest absolute Gasteiger partial charge is 0.451 e. The maximum Gasteiger partial charge on any atom is 0.338 e. The van der Waals surface area contributed by atoms with Crippen molar-refractivity contribution in [1.29, 1.82) is 0 Å². The third kappa shape index (κ3) is 4.15. The molecule has 0 amide bonds. The second-order valence-electron chi connectivity index (χ2n) is 6.78. The molecule has 3 rings (SSSR count). The highest BCUT2D eigenvalue weighted by Gasteiger charge is 2.25. The van der Waals surface area contributed by atoms with E-state index in [-0.39, 0.29) is 16.2 Å². The van der Waals surface area contributed by atoms with Crippen LogP contribution in [0.5, 0.6) is 0 Å². The molecule has 0 saturated heterocycles. The Balaban J connectivity index is 1.80. The van der Waals surface area contributed by atoms with Crippen molar-refractivity contribution in [1.82, 2.24) is 9.29 Å². The predicted octanol–water partition coefficient (Wildman–Crippen LogP) is 3.63. The molecular formula is C22H24N2O5S. The first-order valence-corrected chi connectivity index (χ1v) is 11.1. The molecule has 0 fully saturated rings. The fourth-order valence-electron chi connectivity index (χ4n) is 3.27. The van der Waals surface area contributed by atoms with Crippen LogP contribution in [0, 0.1) is 0 Å².